The molecule has 0 aromatic heterocycles. The van der Waals surface area contributed by atoms with Crippen LogP contribution in [0.15, 0.2) is 0 Å². The van der Waals surface area contributed by atoms with Gasteiger partial charge in [-0.05, 0) is 38.8 Å². The first-order chi connectivity index (χ1) is 5.83. The van der Waals surface area contributed by atoms with Gasteiger partial charge in [-0.25, -0.2) is 0 Å². The molecule has 1 rings (SSSR count). The second kappa shape index (κ2) is 5.14. The summed E-state index contributed by atoms with van der Waals surface area (Å²) in [6.45, 7) is 4.93. The maximum atomic E-state index is 11.1. The van der Waals surface area contributed by atoms with Crippen LogP contribution in [0, 0.1) is 5.92 Å². The molecule has 0 aliphatic carbocycles. The molecule has 0 aromatic carbocycles. The smallest absolute Gasteiger partial charge is 0.219 e. The van der Waals surface area contributed by atoms with Crippen molar-refractivity contribution in [2.75, 3.05) is 19.6 Å². The molecule has 1 atom stereocenters. The largest absolute Gasteiger partial charge is 0.356 e. The minimum atomic E-state index is 0.199. The first-order valence-corrected chi connectivity index (χ1v) is 4.80. The highest BCUT2D eigenvalue weighted by Gasteiger charge is 2.14. The van der Waals surface area contributed by atoms with Crippen molar-refractivity contribution in [2.24, 2.45) is 5.92 Å². The quantitative estimate of drug-likeness (QED) is 0.645. The van der Waals surface area contributed by atoms with E-state index in [1.54, 1.807) is 0 Å². The number of amides is 1. The Hall–Kier alpha value is -0.570. The van der Waals surface area contributed by atoms with Crippen LogP contribution in [-0.4, -0.2) is 25.5 Å². The van der Waals surface area contributed by atoms with E-state index >= 15 is 0 Å². The molecule has 1 heterocycles. The van der Waals surface area contributed by atoms with Crippen molar-refractivity contribution in [1.29, 1.82) is 0 Å². The Labute approximate surface area is 73.9 Å². The molecule has 1 aliphatic rings. The second-order valence-electron chi connectivity index (χ2n) is 3.35. The predicted molar refractivity (Wildman–Crippen MR) is 48.9 cm³/mol. The van der Waals surface area contributed by atoms with Crippen LogP contribution in [0.3, 0.4) is 0 Å². The molecular formula is C9H18N2O. The van der Waals surface area contributed by atoms with E-state index in [1.165, 1.54) is 6.42 Å². The first kappa shape index (κ1) is 9.52. The molecule has 0 radical (unpaired) electrons. The van der Waals surface area contributed by atoms with Gasteiger partial charge in [0, 0.05) is 13.0 Å². The molecule has 0 saturated carbocycles. The number of carbonyl (C=O) groups excluding carboxylic acids is 1. The van der Waals surface area contributed by atoms with Gasteiger partial charge in [-0.15, -0.1) is 0 Å². The number of rotatable bonds is 4. The summed E-state index contributed by atoms with van der Waals surface area (Å²) in [6.07, 6.45) is 2.97. The van der Waals surface area contributed by atoms with E-state index in [9.17, 15) is 4.79 Å². The fourth-order valence-electron chi connectivity index (χ4n) is 1.58. The normalized spacial score (nSPS) is 22.6. The molecule has 1 saturated heterocycles. The van der Waals surface area contributed by atoms with E-state index in [0.717, 1.165) is 32.0 Å². The van der Waals surface area contributed by atoms with Crippen molar-refractivity contribution in [3.05, 3.63) is 0 Å². The zero-order valence-electron chi connectivity index (χ0n) is 7.73. The summed E-state index contributed by atoms with van der Waals surface area (Å²) in [7, 11) is 0. The summed E-state index contributed by atoms with van der Waals surface area (Å²) >= 11 is 0. The van der Waals surface area contributed by atoms with Crippen molar-refractivity contribution >= 4 is 5.91 Å². The van der Waals surface area contributed by atoms with Gasteiger partial charge in [0.2, 0.25) is 5.91 Å². The molecule has 1 unspecified atom stereocenters. The average molecular weight is 170 g/mol. The third-order valence-electron chi connectivity index (χ3n) is 2.32. The van der Waals surface area contributed by atoms with E-state index in [0.29, 0.717) is 6.42 Å². The SMILES string of the molecule is CCNC(=O)CCC1CCNC1. The summed E-state index contributed by atoms with van der Waals surface area (Å²) in [6, 6.07) is 0. The Morgan fingerprint density at radius 1 is 1.67 bits per heavy atom. The van der Waals surface area contributed by atoms with Crippen molar-refractivity contribution in [3.63, 3.8) is 0 Å². The van der Waals surface area contributed by atoms with E-state index < -0.39 is 0 Å². The predicted octanol–water partition coefficient (Wildman–Crippen LogP) is 0.512. The number of hydrogen-bond donors (Lipinski definition) is 2. The van der Waals surface area contributed by atoms with Gasteiger partial charge in [0.1, 0.15) is 0 Å². The third-order valence-corrected chi connectivity index (χ3v) is 2.32. The zero-order valence-corrected chi connectivity index (χ0v) is 7.73. The minimum absolute atomic E-state index is 0.199. The Balaban J connectivity index is 2.03. The Morgan fingerprint density at radius 2 is 2.50 bits per heavy atom. The Bertz CT molecular complexity index is 141. The molecule has 0 bridgehead atoms. The number of nitrogens with one attached hydrogen (secondary N) is 2. The van der Waals surface area contributed by atoms with Gasteiger partial charge in [-0.3, -0.25) is 4.79 Å². The van der Waals surface area contributed by atoms with Crippen LogP contribution in [0.4, 0.5) is 0 Å². The highest BCUT2D eigenvalue weighted by Crippen LogP contribution is 2.13. The molecule has 2 N–H and O–H groups in total. The lowest BCUT2D eigenvalue weighted by Crippen LogP contribution is -2.23. The van der Waals surface area contributed by atoms with Gasteiger partial charge in [-0.1, -0.05) is 0 Å². The van der Waals surface area contributed by atoms with Gasteiger partial charge < -0.3 is 10.6 Å². The molecular weight excluding hydrogens is 152 g/mol. The van der Waals surface area contributed by atoms with Gasteiger partial charge >= 0.3 is 0 Å². The van der Waals surface area contributed by atoms with Gasteiger partial charge in [0.15, 0.2) is 0 Å². The number of carbonyl (C=O) groups is 1. The van der Waals surface area contributed by atoms with Crippen LogP contribution in [-0.2, 0) is 4.79 Å². The highest BCUT2D eigenvalue weighted by atomic mass is 16.1. The minimum Gasteiger partial charge on any atom is -0.356 e. The van der Waals surface area contributed by atoms with Gasteiger partial charge in [0.25, 0.3) is 0 Å². The van der Waals surface area contributed by atoms with Crippen LogP contribution in [0.2, 0.25) is 0 Å². The lowest BCUT2D eigenvalue weighted by atomic mass is 10.0. The van der Waals surface area contributed by atoms with Crippen molar-refractivity contribution in [3.8, 4) is 0 Å². The van der Waals surface area contributed by atoms with E-state index in [-0.39, 0.29) is 5.91 Å². The summed E-state index contributed by atoms with van der Waals surface area (Å²) < 4.78 is 0. The maximum absolute atomic E-state index is 11.1. The van der Waals surface area contributed by atoms with Gasteiger partial charge in [0.05, 0.1) is 0 Å². The Morgan fingerprint density at radius 3 is 3.08 bits per heavy atom. The molecule has 3 nitrogen and oxygen atoms in total. The lowest BCUT2D eigenvalue weighted by molar-refractivity contribution is -0.121. The fourth-order valence-corrected chi connectivity index (χ4v) is 1.58. The first-order valence-electron chi connectivity index (χ1n) is 4.80. The summed E-state index contributed by atoms with van der Waals surface area (Å²) in [4.78, 5) is 11.1. The number of hydrogen-bond acceptors (Lipinski definition) is 2. The van der Waals surface area contributed by atoms with Crippen LogP contribution in [0.25, 0.3) is 0 Å². The summed E-state index contributed by atoms with van der Waals surface area (Å²) in [5, 5.41) is 6.11. The average Bonchev–Trinajstić information content (AvgIpc) is 2.53. The van der Waals surface area contributed by atoms with Crippen molar-refractivity contribution < 1.29 is 4.79 Å². The van der Waals surface area contributed by atoms with Crippen molar-refractivity contribution in [1.82, 2.24) is 10.6 Å². The molecule has 0 aromatic rings. The molecule has 1 fully saturated rings. The summed E-state index contributed by atoms with van der Waals surface area (Å²) in [5.41, 5.74) is 0. The van der Waals surface area contributed by atoms with Crippen molar-refractivity contribution in [2.45, 2.75) is 26.2 Å². The highest BCUT2D eigenvalue weighted by molar-refractivity contribution is 5.75. The van der Waals surface area contributed by atoms with Crippen LogP contribution in [0.5, 0.6) is 0 Å². The molecule has 3 heteroatoms. The standard InChI is InChI=1S/C9H18N2O/c1-2-11-9(12)4-3-8-5-6-10-7-8/h8,10H,2-7H2,1H3,(H,11,12). The second-order valence-corrected chi connectivity index (χ2v) is 3.35. The molecule has 12 heavy (non-hydrogen) atoms. The third kappa shape index (κ3) is 3.22. The molecule has 1 amide bonds. The summed E-state index contributed by atoms with van der Waals surface area (Å²) in [5.74, 6) is 0.928. The lowest BCUT2D eigenvalue weighted by Gasteiger charge is -2.06. The fraction of sp³-hybridized carbons (Fsp3) is 0.889. The van der Waals surface area contributed by atoms with Crippen LogP contribution >= 0.6 is 0 Å². The molecule has 70 valence electrons. The van der Waals surface area contributed by atoms with Crippen LogP contribution in [0.1, 0.15) is 26.2 Å². The van der Waals surface area contributed by atoms with Gasteiger partial charge in [-0.2, -0.15) is 0 Å². The monoisotopic (exact) mass is 170 g/mol. The molecule has 1 aliphatic heterocycles. The Kier molecular flexibility index (Phi) is 4.08. The maximum Gasteiger partial charge on any atom is 0.219 e. The van der Waals surface area contributed by atoms with E-state index in [2.05, 4.69) is 10.6 Å². The van der Waals surface area contributed by atoms with Crippen LogP contribution < -0.4 is 10.6 Å². The van der Waals surface area contributed by atoms with E-state index in [4.69, 9.17) is 0 Å². The van der Waals surface area contributed by atoms with E-state index in [1.807, 2.05) is 6.92 Å². The topological polar surface area (TPSA) is 41.1 Å². The molecule has 0 spiro atoms. The zero-order chi connectivity index (χ0) is 8.81.